The Balaban J connectivity index is 1.74. The first-order chi connectivity index (χ1) is 11.1. The van der Waals surface area contributed by atoms with Gasteiger partial charge >= 0.3 is 0 Å². The number of carbonyl (C=O) groups excluding carboxylic acids is 1. The zero-order valence-corrected chi connectivity index (χ0v) is 13.4. The van der Waals surface area contributed by atoms with Crippen LogP contribution in [0.4, 0.5) is 17.5 Å². The van der Waals surface area contributed by atoms with Crippen molar-refractivity contribution in [3.05, 3.63) is 36.0 Å². The second-order valence-corrected chi connectivity index (χ2v) is 5.41. The van der Waals surface area contributed by atoms with Crippen LogP contribution in [0.1, 0.15) is 5.56 Å². The van der Waals surface area contributed by atoms with E-state index < -0.39 is 0 Å². The van der Waals surface area contributed by atoms with Gasteiger partial charge in [-0.3, -0.25) is 4.79 Å². The standard InChI is InChI=1S/C16H19N5O2/c1-20-10-14(22)21(2)13-9-18-16(19-15(13)20)17-8-11-4-6-12(23-3)7-5-11/h4-7,9H,8,10H2,1-3H3,(H,17,18,19). The van der Waals surface area contributed by atoms with Crippen molar-refractivity contribution in [2.45, 2.75) is 6.54 Å². The van der Waals surface area contributed by atoms with E-state index in [1.165, 1.54) is 0 Å². The van der Waals surface area contributed by atoms with Gasteiger partial charge in [-0.15, -0.1) is 0 Å². The topological polar surface area (TPSA) is 70.6 Å². The third-order valence-corrected chi connectivity index (χ3v) is 3.83. The third kappa shape index (κ3) is 3.03. The monoisotopic (exact) mass is 313 g/mol. The molecule has 120 valence electrons. The van der Waals surface area contributed by atoms with Gasteiger partial charge in [0.1, 0.15) is 11.4 Å². The van der Waals surface area contributed by atoms with Gasteiger partial charge in [-0.1, -0.05) is 12.1 Å². The second-order valence-electron chi connectivity index (χ2n) is 5.41. The molecular formula is C16H19N5O2. The third-order valence-electron chi connectivity index (χ3n) is 3.83. The molecule has 0 saturated carbocycles. The van der Waals surface area contributed by atoms with Crippen LogP contribution in [0, 0.1) is 0 Å². The molecule has 0 unspecified atom stereocenters. The predicted octanol–water partition coefficient (Wildman–Crippen LogP) is 1.51. The van der Waals surface area contributed by atoms with Gasteiger partial charge < -0.3 is 19.9 Å². The molecule has 3 rings (SSSR count). The average molecular weight is 313 g/mol. The van der Waals surface area contributed by atoms with Crippen LogP contribution in [0.3, 0.4) is 0 Å². The van der Waals surface area contributed by atoms with Gasteiger partial charge in [-0.25, -0.2) is 4.98 Å². The number of benzene rings is 1. The fraction of sp³-hybridized carbons (Fsp3) is 0.312. The molecular weight excluding hydrogens is 294 g/mol. The Labute approximate surface area is 134 Å². The van der Waals surface area contributed by atoms with E-state index in [9.17, 15) is 4.79 Å². The van der Waals surface area contributed by atoms with E-state index in [2.05, 4.69) is 15.3 Å². The van der Waals surface area contributed by atoms with E-state index in [0.29, 0.717) is 19.0 Å². The number of fused-ring (bicyclic) bond motifs is 1. The number of methoxy groups -OCH3 is 1. The molecule has 1 aromatic carbocycles. The molecule has 7 nitrogen and oxygen atoms in total. The van der Waals surface area contributed by atoms with Gasteiger partial charge in [-0.05, 0) is 17.7 Å². The molecule has 0 saturated heterocycles. The SMILES string of the molecule is COc1ccc(CNc2ncc3c(n2)N(C)CC(=O)N3C)cc1. The molecule has 1 aliphatic heterocycles. The van der Waals surface area contributed by atoms with E-state index in [0.717, 1.165) is 22.8 Å². The number of carbonyl (C=O) groups is 1. The van der Waals surface area contributed by atoms with Crippen molar-refractivity contribution < 1.29 is 9.53 Å². The minimum Gasteiger partial charge on any atom is -0.497 e. The lowest BCUT2D eigenvalue weighted by Gasteiger charge is -2.31. The molecule has 0 bridgehead atoms. The molecule has 1 aromatic heterocycles. The Morgan fingerprint density at radius 2 is 2.00 bits per heavy atom. The molecule has 7 heteroatoms. The van der Waals surface area contributed by atoms with Crippen molar-refractivity contribution in [1.29, 1.82) is 0 Å². The first kappa shape index (κ1) is 15.1. The molecule has 2 heterocycles. The van der Waals surface area contributed by atoms with Crippen LogP contribution in [-0.2, 0) is 11.3 Å². The Hall–Kier alpha value is -2.83. The lowest BCUT2D eigenvalue weighted by atomic mass is 10.2. The number of amides is 1. The van der Waals surface area contributed by atoms with E-state index in [1.54, 1.807) is 25.3 Å². The van der Waals surface area contributed by atoms with Crippen molar-refractivity contribution >= 4 is 23.4 Å². The summed E-state index contributed by atoms with van der Waals surface area (Å²) in [5.74, 6) is 2.14. The largest absolute Gasteiger partial charge is 0.497 e. The Morgan fingerprint density at radius 1 is 1.26 bits per heavy atom. The Bertz CT molecular complexity index is 717. The Kier molecular flexibility index (Phi) is 4.01. The predicted molar refractivity (Wildman–Crippen MR) is 89.0 cm³/mol. The summed E-state index contributed by atoms with van der Waals surface area (Å²) >= 11 is 0. The fourth-order valence-corrected chi connectivity index (χ4v) is 2.41. The first-order valence-electron chi connectivity index (χ1n) is 7.30. The number of nitrogens with one attached hydrogen (secondary N) is 1. The highest BCUT2D eigenvalue weighted by Gasteiger charge is 2.26. The van der Waals surface area contributed by atoms with Gasteiger partial charge in [0.05, 0.1) is 19.9 Å². The maximum absolute atomic E-state index is 11.8. The quantitative estimate of drug-likeness (QED) is 0.922. The molecule has 0 aliphatic carbocycles. The summed E-state index contributed by atoms with van der Waals surface area (Å²) in [6, 6.07) is 7.81. The van der Waals surface area contributed by atoms with Gasteiger partial charge in [0.25, 0.3) is 0 Å². The van der Waals surface area contributed by atoms with E-state index >= 15 is 0 Å². The maximum atomic E-state index is 11.8. The molecule has 23 heavy (non-hydrogen) atoms. The lowest BCUT2D eigenvalue weighted by molar-refractivity contribution is -0.117. The molecule has 0 fully saturated rings. The number of anilines is 3. The average Bonchev–Trinajstić information content (AvgIpc) is 2.58. The number of nitrogens with zero attached hydrogens (tertiary/aromatic N) is 4. The summed E-state index contributed by atoms with van der Waals surface area (Å²) in [5, 5.41) is 3.20. The van der Waals surface area contributed by atoms with Gasteiger partial charge in [0, 0.05) is 20.6 Å². The maximum Gasteiger partial charge on any atom is 0.246 e. The number of hydrogen-bond acceptors (Lipinski definition) is 6. The number of aromatic nitrogens is 2. The van der Waals surface area contributed by atoms with Crippen LogP contribution < -0.4 is 19.9 Å². The van der Waals surface area contributed by atoms with Crippen LogP contribution in [0.15, 0.2) is 30.5 Å². The molecule has 0 spiro atoms. The summed E-state index contributed by atoms with van der Waals surface area (Å²) < 4.78 is 5.14. The van der Waals surface area contributed by atoms with E-state index in [4.69, 9.17) is 4.74 Å². The van der Waals surface area contributed by atoms with Crippen molar-refractivity contribution in [3.63, 3.8) is 0 Å². The number of rotatable bonds is 4. The summed E-state index contributed by atoms with van der Waals surface area (Å²) in [7, 11) is 5.23. The highest BCUT2D eigenvalue weighted by atomic mass is 16.5. The minimum absolute atomic E-state index is 0.0301. The zero-order valence-electron chi connectivity index (χ0n) is 13.4. The summed E-state index contributed by atoms with van der Waals surface area (Å²) in [6.45, 7) is 0.930. The smallest absolute Gasteiger partial charge is 0.246 e. The molecule has 0 radical (unpaired) electrons. The fourth-order valence-electron chi connectivity index (χ4n) is 2.41. The number of likely N-dealkylation sites (N-methyl/N-ethyl adjacent to an activating group) is 2. The van der Waals surface area contributed by atoms with Crippen LogP contribution in [0.5, 0.6) is 5.75 Å². The van der Waals surface area contributed by atoms with Crippen LogP contribution in [0.2, 0.25) is 0 Å². The van der Waals surface area contributed by atoms with E-state index in [-0.39, 0.29) is 5.91 Å². The number of hydrogen-bond donors (Lipinski definition) is 1. The Morgan fingerprint density at radius 3 is 2.70 bits per heavy atom. The zero-order chi connectivity index (χ0) is 16.4. The number of ether oxygens (including phenoxy) is 1. The molecule has 1 N–H and O–H groups in total. The molecule has 2 aromatic rings. The highest BCUT2D eigenvalue weighted by Crippen LogP contribution is 2.29. The van der Waals surface area contributed by atoms with Gasteiger partial charge in [0.15, 0.2) is 5.82 Å². The lowest BCUT2D eigenvalue weighted by Crippen LogP contribution is -2.42. The van der Waals surface area contributed by atoms with Crippen molar-refractivity contribution in [3.8, 4) is 5.75 Å². The highest BCUT2D eigenvalue weighted by molar-refractivity contribution is 6.01. The van der Waals surface area contributed by atoms with E-state index in [1.807, 2.05) is 36.2 Å². The second kappa shape index (κ2) is 6.12. The van der Waals surface area contributed by atoms with Gasteiger partial charge in [-0.2, -0.15) is 4.98 Å². The molecule has 1 amide bonds. The van der Waals surface area contributed by atoms with Crippen LogP contribution >= 0.6 is 0 Å². The summed E-state index contributed by atoms with van der Waals surface area (Å²) in [4.78, 5) is 24.0. The molecule has 1 aliphatic rings. The van der Waals surface area contributed by atoms with Gasteiger partial charge in [0.2, 0.25) is 11.9 Å². The minimum atomic E-state index is 0.0301. The van der Waals surface area contributed by atoms with Crippen molar-refractivity contribution in [2.24, 2.45) is 0 Å². The van der Waals surface area contributed by atoms with Crippen LogP contribution in [0.25, 0.3) is 0 Å². The van der Waals surface area contributed by atoms with Crippen molar-refractivity contribution in [1.82, 2.24) is 9.97 Å². The normalized spacial score (nSPS) is 13.8. The van der Waals surface area contributed by atoms with Crippen LogP contribution in [-0.4, -0.2) is 43.6 Å². The first-order valence-corrected chi connectivity index (χ1v) is 7.30. The summed E-state index contributed by atoms with van der Waals surface area (Å²) in [5.41, 5.74) is 1.83. The van der Waals surface area contributed by atoms with Crippen molar-refractivity contribution in [2.75, 3.05) is 42.9 Å². The molecule has 0 atom stereocenters. The summed E-state index contributed by atoms with van der Waals surface area (Å²) in [6.07, 6.45) is 1.67.